The van der Waals surface area contributed by atoms with Crippen LogP contribution in [0, 0.1) is 0 Å². The largest absolute Gasteiger partial charge is 0.354 e. The Labute approximate surface area is 158 Å². The van der Waals surface area contributed by atoms with E-state index in [4.69, 9.17) is 0 Å². The SMILES string of the molecule is CNC(=O)c1cc(C(=O)NCCC2=NC=CC2)n([C@@H](C)c2ccccc2)n1. The molecule has 2 heterocycles. The molecule has 0 aliphatic carbocycles. The normalized spacial score (nSPS) is 13.9. The molecule has 2 aromatic rings. The van der Waals surface area contributed by atoms with Gasteiger partial charge in [0.25, 0.3) is 11.8 Å². The van der Waals surface area contributed by atoms with Gasteiger partial charge in [-0.2, -0.15) is 5.10 Å². The highest BCUT2D eigenvalue weighted by Crippen LogP contribution is 2.20. The summed E-state index contributed by atoms with van der Waals surface area (Å²) in [5.41, 5.74) is 2.63. The Morgan fingerprint density at radius 2 is 2.00 bits per heavy atom. The second-order valence-electron chi connectivity index (χ2n) is 6.32. The third kappa shape index (κ3) is 4.31. The van der Waals surface area contributed by atoms with E-state index in [1.165, 1.54) is 13.1 Å². The zero-order valence-corrected chi connectivity index (χ0v) is 15.5. The van der Waals surface area contributed by atoms with Crippen LogP contribution in [0.1, 0.15) is 52.3 Å². The molecule has 1 aromatic heterocycles. The third-order valence-corrected chi connectivity index (χ3v) is 4.49. The van der Waals surface area contributed by atoms with Crippen LogP contribution in [0.15, 0.2) is 53.7 Å². The van der Waals surface area contributed by atoms with Crippen LogP contribution in [0.4, 0.5) is 0 Å². The maximum atomic E-state index is 12.7. The molecule has 27 heavy (non-hydrogen) atoms. The third-order valence-electron chi connectivity index (χ3n) is 4.49. The maximum Gasteiger partial charge on any atom is 0.271 e. The highest BCUT2D eigenvalue weighted by Gasteiger charge is 2.22. The lowest BCUT2D eigenvalue weighted by Crippen LogP contribution is -2.29. The molecule has 0 unspecified atom stereocenters. The Hall–Kier alpha value is -3.22. The highest BCUT2D eigenvalue weighted by atomic mass is 16.2. The number of aromatic nitrogens is 2. The summed E-state index contributed by atoms with van der Waals surface area (Å²) >= 11 is 0. The molecule has 7 nitrogen and oxygen atoms in total. The molecule has 1 atom stereocenters. The first kappa shape index (κ1) is 18.6. The number of nitrogens with zero attached hydrogens (tertiary/aromatic N) is 3. The van der Waals surface area contributed by atoms with E-state index in [0.717, 1.165) is 17.7 Å². The standard InChI is InChI=1S/C20H23N5O2/c1-14(15-7-4-3-5-8-15)25-18(13-17(24-25)19(26)21-2)20(27)23-12-10-16-9-6-11-22-16/h3-8,11,13-14H,9-10,12H2,1-2H3,(H,21,26)(H,23,27)/t14-/m0/s1. The monoisotopic (exact) mass is 365 g/mol. The quantitative estimate of drug-likeness (QED) is 0.789. The highest BCUT2D eigenvalue weighted by molar-refractivity contribution is 5.98. The molecule has 0 bridgehead atoms. The van der Waals surface area contributed by atoms with E-state index in [1.807, 2.05) is 43.3 Å². The molecular formula is C20H23N5O2. The Kier molecular flexibility index (Phi) is 5.80. The number of amides is 2. The van der Waals surface area contributed by atoms with Crippen molar-refractivity contribution in [3.05, 3.63) is 65.6 Å². The lowest BCUT2D eigenvalue weighted by molar-refractivity contribution is 0.0939. The van der Waals surface area contributed by atoms with E-state index in [-0.39, 0.29) is 23.6 Å². The fraction of sp³-hybridized carbons (Fsp3) is 0.300. The van der Waals surface area contributed by atoms with Crippen LogP contribution >= 0.6 is 0 Å². The summed E-state index contributed by atoms with van der Waals surface area (Å²) in [5.74, 6) is -0.582. The second-order valence-corrected chi connectivity index (χ2v) is 6.32. The Bertz CT molecular complexity index is 883. The number of hydrogen-bond donors (Lipinski definition) is 2. The van der Waals surface area contributed by atoms with Gasteiger partial charge in [0.15, 0.2) is 5.69 Å². The summed E-state index contributed by atoms with van der Waals surface area (Å²) in [6.45, 7) is 2.44. The molecule has 2 amide bonds. The predicted octanol–water partition coefficient (Wildman–Crippen LogP) is 2.33. The molecular weight excluding hydrogens is 342 g/mol. The number of carbonyl (C=O) groups excluding carboxylic acids is 2. The Morgan fingerprint density at radius 3 is 2.67 bits per heavy atom. The van der Waals surface area contributed by atoms with Gasteiger partial charge in [0.2, 0.25) is 0 Å². The van der Waals surface area contributed by atoms with E-state index < -0.39 is 0 Å². The van der Waals surface area contributed by atoms with E-state index >= 15 is 0 Å². The van der Waals surface area contributed by atoms with Crippen LogP contribution in [0.5, 0.6) is 0 Å². The van der Waals surface area contributed by atoms with Gasteiger partial charge in [-0.15, -0.1) is 0 Å². The molecule has 0 saturated carbocycles. The lowest BCUT2D eigenvalue weighted by Gasteiger charge is -2.16. The summed E-state index contributed by atoms with van der Waals surface area (Å²) in [5, 5.41) is 9.83. The van der Waals surface area contributed by atoms with Crippen molar-refractivity contribution in [2.75, 3.05) is 13.6 Å². The molecule has 0 fully saturated rings. The summed E-state index contributed by atoms with van der Waals surface area (Å²) in [6.07, 6.45) is 5.30. The fourth-order valence-electron chi connectivity index (χ4n) is 2.95. The first-order valence-electron chi connectivity index (χ1n) is 8.95. The number of rotatable bonds is 7. The molecule has 7 heteroatoms. The van der Waals surface area contributed by atoms with Crippen molar-refractivity contribution in [2.24, 2.45) is 4.99 Å². The van der Waals surface area contributed by atoms with Crippen molar-refractivity contribution < 1.29 is 9.59 Å². The molecule has 1 aliphatic heterocycles. The van der Waals surface area contributed by atoms with Crippen molar-refractivity contribution in [1.29, 1.82) is 0 Å². The average molecular weight is 365 g/mol. The zero-order chi connectivity index (χ0) is 19.2. The molecule has 0 saturated heterocycles. The first-order chi connectivity index (χ1) is 13.1. The van der Waals surface area contributed by atoms with Gasteiger partial charge >= 0.3 is 0 Å². The lowest BCUT2D eigenvalue weighted by atomic mass is 10.1. The van der Waals surface area contributed by atoms with Gasteiger partial charge in [-0.3, -0.25) is 19.3 Å². The molecule has 0 spiro atoms. The van der Waals surface area contributed by atoms with Crippen molar-refractivity contribution in [2.45, 2.75) is 25.8 Å². The number of hydrogen-bond acceptors (Lipinski definition) is 4. The van der Waals surface area contributed by atoms with E-state index in [0.29, 0.717) is 18.7 Å². The molecule has 1 aromatic carbocycles. The van der Waals surface area contributed by atoms with E-state index in [2.05, 4.69) is 20.7 Å². The van der Waals surface area contributed by atoms with Crippen LogP contribution in [0.2, 0.25) is 0 Å². The number of carbonyl (C=O) groups is 2. The summed E-state index contributed by atoms with van der Waals surface area (Å²) in [6, 6.07) is 11.1. The van der Waals surface area contributed by atoms with Gasteiger partial charge in [0.1, 0.15) is 5.69 Å². The predicted molar refractivity (Wildman–Crippen MR) is 104 cm³/mol. The second kappa shape index (κ2) is 8.44. The summed E-state index contributed by atoms with van der Waals surface area (Å²) in [4.78, 5) is 29.0. The molecule has 1 aliphatic rings. The first-order valence-corrected chi connectivity index (χ1v) is 8.95. The molecule has 140 valence electrons. The number of allylic oxidation sites excluding steroid dienone is 1. The van der Waals surface area contributed by atoms with Crippen molar-refractivity contribution >= 4 is 17.5 Å². The van der Waals surface area contributed by atoms with Crippen LogP contribution in [-0.2, 0) is 0 Å². The van der Waals surface area contributed by atoms with Crippen molar-refractivity contribution in [1.82, 2.24) is 20.4 Å². The van der Waals surface area contributed by atoms with E-state index in [1.54, 1.807) is 10.9 Å². The molecule has 0 radical (unpaired) electrons. The van der Waals surface area contributed by atoms with Crippen LogP contribution in [0.25, 0.3) is 0 Å². The minimum Gasteiger partial charge on any atom is -0.354 e. The number of benzene rings is 1. The summed E-state index contributed by atoms with van der Waals surface area (Å²) < 4.78 is 1.60. The summed E-state index contributed by atoms with van der Waals surface area (Å²) in [7, 11) is 1.54. The van der Waals surface area contributed by atoms with Crippen molar-refractivity contribution in [3.63, 3.8) is 0 Å². The van der Waals surface area contributed by atoms with E-state index in [9.17, 15) is 9.59 Å². The van der Waals surface area contributed by atoms with Gasteiger partial charge in [-0.25, -0.2) is 0 Å². The van der Waals surface area contributed by atoms with Gasteiger partial charge < -0.3 is 10.6 Å². The minimum absolute atomic E-state index is 0.186. The van der Waals surface area contributed by atoms with Gasteiger partial charge in [0, 0.05) is 44.4 Å². The maximum absolute atomic E-state index is 12.7. The van der Waals surface area contributed by atoms with Gasteiger partial charge in [-0.05, 0) is 12.5 Å². The van der Waals surface area contributed by atoms with Gasteiger partial charge in [-0.1, -0.05) is 36.4 Å². The number of aliphatic imine (C=N–C) groups is 1. The molecule has 2 N–H and O–H groups in total. The van der Waals surface area contributed by atoms with Gasteiger partial charge in [0.05, 0.1) is 6.04 Å². The van der Waals surface area contributed by atoms with Crippen LogP contribution in [0.3, 0.4) is 0 Å². The van der Waals surface area contributed by atoms with Crippen LogP contribution in [-0.4, -0.2) is 40.9 Å². The zero-order valence-electron chi connectivity index (χ0n) is 15.5. The average Bonchev–Trinajstić information content (AvgIpc) is 3.37. The molecule has 3 rings (SSSR count). The smallest absolute Gasteiger partial charge is 0.271 e. The van der Waals surface area contributed by atoms with Crippen LogP contribution < -0.4 is 10.6 Å². The Morgan fingerprint density at radius 1 is 1.22 bits per heavy atom. The van der Waals surface area contributed by atoms with Crippen molar-refractivity contribution in [3.8, 4) is 0 Å². The Balaban J connectivity index is 1.80. The minimum atomic E-state index is -0.325. The number of nitrogens with one attached hydrogen (secondary N) is 2. The fourth-order valence-corrected chi connectivity index (χ4v) is 2.95. The topological polar surface area (TPSA) is 88.4 Å².